The van der Waals surface area contributed by atoms with Gasteiger partial charge in [0, 0.05) is 12.8 Å². The molecule has 1 amide bonds. The number of unbranched alkanes of at least 4 members (excludes halogenated alkanes) is 41. The number of aliphatic hydroxyl groups is 2. The summed E-state index contributed by atoms with van der Waals surface area (Å²) in [5, 5.41) is 23.1. The van der Waals surface area contributed by atoms with E-state index in [0.29, 0.717) is 19.4 Å². The Morgan fingerprint density at radius 3 is 1.10 bits per heavy atom. The first kappa shape index (κ1) is 68.8. The topological polar surface area (TPSA) is 95.9 Å². The van der Waals surface area contributed by atoms with Crippen LogP contribution in [0.25, 0.3) is 0 Å². The molecule has 0 aromatic rings. The third-order valence-electron chi connectivity index (χ3n) is 14.3. The van der Waals surface area contributed by atoms with E-state index in [-0.39, 0.29) is 18.5 Å². The number of esters is 1. The van der Waals surface area contributed by atoms with E-state index in [1.54, 1.807) is 6.08 Å². The van der Waals surface area contributed by atoms with Crippen LogP contribution in [0.2, 0.25) is 0 Å². The Kier molecular flexibility index (Phi) is 58.5. The van der Waals surface area contributed by atoms with Crippen molar-refractivity contribution in [2.45, 2.75) is 341 Å². The summed E-state index contributed by atoms with van der Waals surface area (Å²) in [6.45, 7) is 4.88. The quantitative estimate of drug-likeness (QED) is 0.0321. The van der Waals surface area contributed by atoms with E-state index in [4.69, 9.17) is 4.74 Å². The molecule has 6 nitrogen and oxygen atoms in total. The summed E-state index contributed by atoms with van der Waals surface area (Å²) in [6, 6.07) is -0.628. The molecule has 6 heteroatoms. The number of amides is 1. The molecule has 0 bridgehead atoms. The highest BCUT2D eigenvalue weighted by Gasteiger charge is 2.18. The first-order valence-electron chi connectivity index (χ1n) is 31.4. The van der Waals surface area contributed by atoms with Gasteiger partial charge in [0.15, 0.2) is 0 Å². The molecule has 0 aromatic carbocycles. The van der Waals surface area contributed by atoms with Gasteiger partial charge in [-0.15, -0.1) is 0 Å². The number of carbonyl (C=O) groups excluding carboxylic acids is 2. The largest absolute Gasteiger partial charge is 0.466 e. The van der Waals surface area contributed by atoms with Crippen LogP contribution >= 0.6 is 0 Å². The third-order valence-corrected chi connectivity index (χ3v) is 14.3. The van der Waals surface area contributed by atoms with Gasteiger partial charge in [-0.25, -0.2) is 0 Å². The smallest absolute Gasteiger partial charge is 0.305 e. The minimum absolute atomic E-state index is 0.00199. The minimum Gasteiger partial charge on any atom is -0.466 e. The normalized spacial score (nSPS) is 12.9. The van der Waals surface area contributed by atoms with E-state index in [0.717, 1.165) is 51.4 Å². The number of allylic oxidation sites excluding steroid dienone is 7. The number of carbonyl (C=O) groups is 2. The summed E-state index contributed by atoms with van der Waals surface area (Å²) >= 11 is 0. The summed E-state index contributed by atoms with van der Waals surface area (Å²) < 4.78 is 5.47. The van der Waals surface area contributed by atoms with Gasteiger partial charge in [-0.2, -0.15) is 0 Å². The highest BCUT2D eigenvalue weighted by Crippen LogP contribution is 2.16. The Balaban J connectivity index is 3.42. The van der Waals surface area contributed by atoms with Gasteiger partial charge in [0.05, 0.1) is 25.4 Å². The van der Waals surface area contributed by atoms with Gasteiger partial charge in [-0.05, 0) is 89.9 Å². The highest BCUT2D eigenvalue weighted by atomic mass is 16.5. The number of hydrogen-bond acceptors (Lipinski definition) is 5. The van der Waals surface area contributed by atoms with Crippen LogP contribution in [0.15, 0.2) is 48.6 Å². The molecule has 2 atom stereocenters. The zero-order valence-electron chi connectivity index (χ0n) is 47.5. The monoisotopic (exact) mass is 996 g/mol. The maximum atomic E-state index is 12.4. The number of nitrogens with one attached hydrogen (secondary N) is 1. The molecule has 71 heavy (non-hydrogen) atoms. The fourth-order valence-electron chi connectivity index (χ4n) is 9.48. The Morgan fingerprint density at radius 2 is 0.704 bits per heavy atom. The molecule has 0 heterocycles. The zero-order valence-corrected chi connectivity index (χ0v) is 47.5. The molecule has 416 valence electrons. The van der Waals surface area contributed by atoms with E-state index < -0.39 is 12.1 Å². The molecule has 0 saturated carbocycles. The fourth-order valence-corrected chi connectivity index (χ4v) is 9.48. The van der Waals surface area contributed by atoms with Crippen molar-refractivity contribution in [1.29, 1.82) is 0 Å². The molecule has 0 aliphatic carbocycles. The Hall–Kier alpha value is -2.18. The summed E-state index contributed by atoms with van der Waals surface area (Å²) in [5.41, 5.74) is 0. The lowest BCUT2D eigenvalue weighted by atomic mass is 10.0. The van der Waals surface area contributed by atoms with E-state index in [2.05, 4.69) is 55.6 Å². The Labute approximate surface area is 442 Å². The molecule has 2 unspecified atom stereocenters. The molecule has 0 rings (SSSR count). The van der Waals surface area contributed by atoms with Crippen molar-refractivity contribution < 1.29 is 24.5 Å². The first-order chi connectivity index (χ1) is 35.0. The molecule has 0 fully saturated rings. The van der Waals surface area contributed by atoms with Gasteiger partial charge < -0.3 is 20.3 Å². The standard InChI is InChI=1S/C65H121NO5/c1-3-5-7-9-11-13-15-34-39-43-47-51-55-59-65(70)71-60-56-52-48-44-40-36-33-31-29-27-25-23-21-19-17-18-20-22-24-26-28-30-32-35-38-42-46-50-54-58-64(69)66-62(61-67)63(68)57-53-49-45-41-37-16-14-12-10-8-6-4-2/h13,15,17,19,23,25,53,57,62-63,67-68H,3-12,14,16,18,20-22,24,26-52,54-56,58-61H2,1-2H3,(H,66,69)/b15-13-,19-17-,25-23-,57-53+. The second-order valence-corrected chi connectivity index (χ2v) is 21.4. The Bertz CT molecular complexity index is 1190. The van der Waals surface area contributed by atoms with Crippen molar-refractivity contribution in [3.05, 3.63) is 48.6 Å². The van der Waals surface area contributed by atoms with Crippen LogP contribution in [0.3, 0.4) is 0 Å². The van der Waals surface area contributed by atoms with Gasteiger partial charge in [-0.1, -0.05) is 274 Å². The summed E-state index contributed by atoms with van der Waals surface area (Å²) in [4.78, 5) is 24.5. The number of rotatable bonds is 58. The number of hydrogen-bond donors (Lipinski definition) is 3. The molecule has 0 aliphatic heterocycles. The second kappa shape index (κ2) is 60.4. The van der Waals surface area contributed by atoms with Crippen molar-refractivity contribution >= 4 is 11.9 Å². The van der Waals surface area contributed by atoms with Crippen molar-refractivity contribution in [2.75, 3.05) is 13.2 Å². The maximum absolute atomic E-state index is 12.4. The molecule has 0 spiro atoms. The molecule has 0 saturated heterocycles. The molecular formula is C65H121NO5. The lowest BCUT2D eigenvalue weighted by molar-refractivity contribution is -0.143. The fraction of sp³-hybridized carbons (Fsp3) is 0.846. The van der Waals surface area contributed by atoms with E-state index in [9.17, 15) is 19.8 Å². The van der Waals surface area contributed by atoms with Crippen molar-refractivity contribution in [2.24, 2.45) is 0 Å². The van der Waals surface area contributed by atoms with Crippen LogP contribution in [0.5, 0.6) is 0 Å². The van der Waals surface area contributed by atoms with Crippen LogP contribution in [-0.2, 0) is 14.3 Å². The van der Waals surface area contributed by atoms with Crippen molar-refractivity contribution in [3.8, 4) is 0 Å². The molecule has 0 aliphatic rings. The maximum Gasteiger partial charge on any atom is 0.305 e. The minimum atomic E-state index is -0.844. The summed E-state index contributed by atoms with van der Waals surface area (Å²) in [7, 11) is 0. The van der Waals surface area contributed by atoms with Crippen LogP contribution < -0.4 is 5.32 Å². The average molecular weight is 997 g/mol. The van der Waals surface area contributed by atoms with Gasteiger partial charge in [0.2, 0.25) is 5.91 Å². The summed E-state index contributed by atoms with van der Waals surface area (Å²) in [5.74, 6) is -0.0676. The van der Waals surface area contributed by atoms with Crippen molar-refractivity contribution in [1.82, 2.24) is 5.32 Å². The first-order valence-corrected chi connectivity index (χ1v) is 31.4. The SMILES string of the molecule is CCCCCC/C=C\CCCCCCCC(=O)OCCCCCCCCCCC/C=C\C/C=C\CCCCCCCCCCCCCCCC(=O)NC(CO)C(O)/C=C/CCCCCCCCCCCC. The van der Waals surface area contributed by atoms with Gasteiger partial charge in [0.1, 0.15) is 0 Å². The van der Waals surface area contributed by atoms with Crippen LogP contribution in [0, 0.1) is 0 Å². The predicted octanol–water partition coefficient (Wildman–Crippen LogP) is 19.7. The van der Waals surface area contributed by atoms with E-state index in [1.165, 1.54) is 250 Å². The lowest BCUT2D eigenvalue weighted by Crippen LogP contribution is -2.45. The van der Waals surface area contributed by atoms with Gasteiger partial charge in [0.25, 0.3) is 0 Å². The van der Waals surface area contributed by atoms with Crippen LogP contribution in [0.1, 0.15) is 328 Å². The molecular weight excluding hydrogens is 875 g/mol. The van der Waals surface area contributed by atoms with Crippen LogP contribution in [-0.4, -0.2) is 47.4 Å². The van der Waals surface area contributed by atoms with Crippen molar-refractivity contribution in [3.63, 3.8) is 0 Å². The molecule has 3 N–H and O–H groups in total. The number of ether oxygens (including phenoxy) is 1. The van der Waals surface area contributed by atoms with Gasteiger partial charge in [-0.3, -0.25) is 9.59 Å². The Morgan fingerprint density at radius 1 is 0.394 bits per heavy atom. The molecule has 0 aromatic heterocycles. The average Bonchev–Trinajstić information content (AvgIpc) is 3.37. The van der Waals surface area contributed by atoms with E-state index in [1.807, 2.05) is 6.08 Å². The zero-order chi connectivity index (χ0) is 51.4. The predicted molar refractivity (Wildman–Crippen MR) is 310 cm³/mol. The second-order valence-electron chi connectivity index (χ2n) is 21.4. The summed E-state index contributed by atoms with van der Waals surface area (Å²) in [6.07, 6.45) is 77.3. The van der Waals surface area contributed by atoms with Crippen LogP contribution in [0.4, 0.5) is 0 Å². The number of aliphatic hydroxyl groups excluding tert-OH is 2. The molecule has 0 radical (unpaired) electrons. The lowest BCUT2D eigenvalue weighted by Gasteiger charge is -2.20. The third kappa shape index (κ3) is 57.0. The van der Waals surface area contributed by atoms with E-state index >= 15 is 0 Å². The van der Waals surface area contributed by atoms with Gasteiger partial charge >= 0.3 is 5.97 Å². The highest BCUT2D eigenvalue weighted by molar-refractivity contribution is 5.76.